The van der Waals surface area contributed by atoms with Gasteiger partial charge in [-0.15, -0.1) is 0 Å². The van der Waals surface area contributed by atoms with Gasteiger partial charge in [-0.25, -0.2) is 14.5 Å². The fourth-order valence-electron chi connectivity index (χ4n) is 2.96. The third-order valence-corrected chi connectivity index (χ3v) is 4.27. The lowest BCUT2D eigenvalue weighted by molar-refractivity contribution is -0.117. The topological polar surface area (TPSA) is 99.1 Å². The maximum absolute atomic E-state index is 12.4. The number of nitrogens with one attached hydrogen (secondary N) is 1. The lowest BCUT2D eigenvalue weighted by atomic mass is 10.2. The molecule has 8 heteroatoms. The highest BCUT2D eigenvalue weighted by molar-refractivity contribution is 5.84. The van der Waals surface area contributed by atoms with Gasteiger partial charge in [0.15, 0.2) is 5.58 Å². The summed E-state index contributed by atoms with van der Waals surface area (Å²) in [6.45, 7) is 0.341. The Labute approximate surface area is 152 Å². The van der Waals surface area contributed by atoms with E-state index in [4.69, 9.17) is 4.42 Å². The fourth-order valence-corrected chi connectivity index (χ4v) is 2.96. The molecule has 0 aliphatic rings. The van der Waals surface area contributed by atoms with E-state index >= 15 is 0 Å². The molecule has 0 bridgehead atoms. The highest BCUT2D eigenvalue weighted by Crippen LogP contribution is 2.12. The van der Waals surface area contributed by atoms with Gasteiger partial charge in [0, 0.05) is 13.0 Å². The average Bonchev–Trinajstić information content (AvgIpc) is 3.00. The summed E-state index contributed by atoms with van der Waals surface area (Å²) >= 11 is 0. The second-order valence-corrected chi connectivity index (χ2v) is 6.06. The van der Waals surface area contributed by atoms with Crippen LogP contribution >= 0.6 is 0 Å². The second kappa shape index (κ2) is 6.91. The molecule has 4 aromatic rings. The molecule has 1 N–H and O–H groups in total. The zero-order chi connectivity index (χ0) is 18.8. The molecule has 0 aliphatic carbocycles. The van der Waals surface area contributed by atoms with Crippen LogP contribution in [0.3, 0.4) is 0 Å². The van der Waals surface area contributed by atoms with Crippen LogP contribution in [-0.4, -0.2) is 20.1 Å². The van der Waals surface area contributed by atoms with Crippen molar-refractivity contribution in [1.29, 1.82) is 0 Å². The normalized spacial score (nSPS) is 11.1. The molecule has 1 amide bonds. The van der Waals surface area contributed by atoms with Gasteiger partial charge in [0.05, 0.1) is 16.4 Å². The van der Waals surface area contributed by atoms with E-state index in [9.17, 15) is 14.4 Å². The van der Waals surface area contributed by atoms with Crippen molar-refractivity contribution in [2.24, 2.45) is 0 Å². The highest BCUT2D eigenvalue weighted by atomic mass is 16.4. The molecule has 8 nitrogen and oxygen atoms in total. The van der Waals surface area contributed by atoms with E-state index in [1.54, 1.807) is 42.5 Å². The lowest BCUT2D eigenvalue weighted by Gasteiger charge is -2.08. The molecule has 27 heavy (non-hydrogen) atoms. The summed E-state index contributed by atoms with van der Waals surface area (Å²) in [4.78, 5) is 40.6. The van der Waals surface area contributed by atoms with E-state index in [2.05, 4.69) is 10.4 Å². The van der Waals surface area contributed by atoms with E-state index in [0.29, 0.717) is 35.0 Å². The number of aromatic nitrogens is 3. The minimum absolute atomic E-state index is 0.144. The standard InChI is InChI=1S/C19H16N4O4/c24-17(21-23-12-20-14-7-2-1-6-13(14)18(23)25)10-5-11-22-15-8-3-4-9-16(15)27-19(22)26/h1-4,6-9,12H,5,10-11H2,(H,21,24). The monoisotopic (exact) mass is 364 g/mol. The molecule has 136 valence electrons. The van der Waals surface area contributed by atoms with Crippen LogP contribution in [0.25, 0.3) is 22.0 Å². The molecule has 0 radical (unpaired) electrons. The van der Waals surface area contributed by atoms with Gasteiger partial charge in [-0.1, -0.05) is 24.3 Å². The number of amides is 1. The summed E-state index contributed by atoms with van der Waals surface area (Å²) < 4.78 is 7.73. The van der Waals surface area contributed by atoms with Crippen molar-refractivity contribution in [2.75, 3.05) is 5.43 Å². The molecule has 0 saturated heterocycles. The fraction of sp³-hybridized carbons (Fsp3) is 0.158. The first-order valence-electron chi connectivity index (χ1n) is 8.48. The van der Waals surface area contributed by atoms with Crippen molar-refractivity contribution in [3.63, 3.8) is 0 Å². The molecule has 0 saturated carbocycles. The molecule has 0 fully saturated rings. The first kappa shape index (κ1) is 16.8. The Balaban J connectivity index is 1.43. The summed E-state index contributed by atoms with van der Waals surface area (Å²) in [5.74, 6) is -0.790. The number of aryl methyl sites for hydroxylation is 1. The van der Waals surface area contributed by atoms with Crippen molar-refractivity contribution in [3.05, 3.63) is 75.8 Å². The van der Waals surface area contributed by atoms with E-state index in [1.807, 2.05) is 6.07 Å². The maximum atomic E-state index is 12.4. The molecule has 0 unspecified atom stereocenters. The van der Waals surface area contributed by atoms with Crippen molar-refractivity contribution in [2.45, 2.75) is 19.4 Å². The summed E-state index contributed by atoms with van der Waals surface area (Å²) in [5.41, 5.74) is 3.96. The Bertz CT molecular complexity index is 1250. The van der Waals surface area contributed by atoms with E-state index in [1.165, 1.54) is 10.9 Å². The van der Waals surface area contributed by atoms with Crippen LogP contribution in [0.15, 0.2) is 68.9 Å². The Kier molecular flexibility index (Phi) is 4.29. The van der Waals surface area contributed by atoms with Crippen LogP contribution in [-0.2, 0) is 11.3 Å². The van der Waals surface area contributed by atoms with Crippen LogP contribution in [0.2, 0.25) is 0 Å². The Morgan fingerprint density at radius 3 is 2.74 bits per heavy atom. The zero-order valence-corrected chi connectivity index (χ0v) is 14.3. The molecule has 0 atom stereocenters. The van der Waals surface area contributed by atoms with Crippen LogP contribution < -0.4 is 16.7 Å². The highest BCUT2D eigenvalue weighted by Gasteiger charge is 2.10. The number of oxazole rings is 1. The van der Waals surface area contributed by atoms with Gasteiger partial charge in [0.1, 0.15) is 6.33 Å². The number of rotatable bonds is 5. The number of fused-ring (bicyclic) bond motifs is 2. The number of hydrogen-bond acceptors (Lipinski definition) is 5. The van der Waals surface area contributed by atoms with Gasteiger partial charge in [0.2, 0.25) is 5.91 Å². The summed E-state index contributed by atoms with van der Waals surface area (Å²) in [6, 6.07) is 14.0. The molecule has 2 aromatic heterocycles. The quantitative estimate of drug-likeness (QED) is 0.583. The van der Waals surface area contributed by atoms with E-state index < -0.39 is 5.76 Å². The third-order valence-electron chi connectivity index (χ3n) is 4.27. The van der Waals surface area contributed by atoms with E-state index in [-0.39, 0.29) is 17.9 Å². The minimum Gasteiger partial charge on any atom is -0.408 e. The molecule has 2 aromatic carbocycles. The van der Waals surface area contributed by atoms with Crippen LogP contribution in [0.4, 0.5) is 0 Å². The molecular formula is C19H16N4O4. The first-order chi connectivity index (χ1) is 13.1. The predicted molar refractivity (Wildman–Crippen MR) is 100 cm³/mol. The van der Waals surface area contributed by atoms with Crippen molar-refractivity contribution in [1.82, 2.24) is 14.2 Å². The van der Waals surface area contributed by atoms with Crippen molar-refractivity contribution in [3.8, 4) is 0 Å². The van der Waals surface area contributed by atoms with Gasteiger partial charge in [-0.2, -0.15) is 0 Å². The molecule has 0 spiro atoms. The van der Waals surface area contributed by atoms with Gasteiger partial charge in [-0.05, 0) is 30.7 Å². The molecular weight excluding hydrogens is 348 g/mol. The Morgan fingerprint density at radius 1 is 1.07 bits per heavy atom. The van der Waals surface area contributed by atoms with Crippen molar-refractivity contribution < 1.29 is 9.21 Å². The number of nitrogens with zero attached hydrogens (tertiary/aromatic N) is 3. The first-order valence-corrected chi connectivity index (χ1v) is 8.48. The van der Waals surface area contributed by atoms with E-state index in [0.717, 1.165) is 4.68 Å². The molecule has 4 rings (SSSR count). The largest absolute Gasteiger partial charge is 0.419 e. The van der Waals surface area contributed by atoms with Crippen LogP contribution in [0.5, 0.6) is 0 Å². The smallest absolute Gasteiger partial charge is 0.408 e. The third kappa shape index (κ3) is 3.24. The zero-order valence-electron chi connectivity index (χ0n) is 14.3. The second-order valence-electron chi connectivity index (χ2n) is 6.06. The maximum Gasteiger partial charge on any atom is 0.419 e. The summed E-state index contributed by atoms with van der Waals surface area (Å²) in [6.07, 6.45) is 1.85. The number of carbonyl (C=O) groups excluding carboxylic acids is 1. The summed E-state index contributed by atoms with van der Waals surface area (Å²) in [5, 5.41) is 0.428. The number of hydrogen-bond donors (Lipinski definition) is 1. The van der Waals surface area contributed by atoms with Gasteiger partial charge in [-0.3, -0.25) is 19.6 Å². The number of carbonyl (C=O) groups is 1. The number of para-hydroxylation sites is 3. The molecule has 2 heterocycles. The Morgan fingerprint density at radius 2 is 1.85 bits per heavy atom. The minimum atomic E-state index is -0.452. The lowest BCUT2D eigenvalue weighted by Crippen LogP contribution is -2.33. The van der Waals surface area contributed by atoms with Gasteiger partial charge >= 0.3 is 5.76 Å². The molecule has 0 aliphatic heterocycles. The van der Waals surface area contributed by atoms with Crippen LogP contribution in [0, 0.1) is 0 Å². The Hall–Kier alpha value is -3.68. The number of benzene rings is 2. The van der Waals surface area contributed by atoms with Gasteiger partial charge in [0.25, 0.3) is 5.56 Å². The predicted octanol–water partition coefficient (Wildman–Crippen LogP) is 1.85. The average molecular weight is 364 g/mol. The SMILES string of the molecule is O=C(CCCn1c(=O)oc2ccccc21)Nn1cnc2ccccc2c1=O. The summed E-state index contributed by atoms with van der Waals surface area (Å²) in [7, 11) is 0. The van der Waals surface area contributed by atoms with Crippen LogP contribution in [0.1, 0.15) is 12.8 Å². The van der Waals surface area contributed by atoms with Crippen molar-refractivity contribution >= 4 is 27.9 Å². The van der Waals surface area contributed by atoms with Gasteiger partial charge < -0.3 is 4.42 Å².